The third kappa shape index (κ3) is 4.30. The average Bonchev–Trinajstić information content (AvgIpc) is 3.40. The van der Waals surface area contributed by atoms with Gasteiger partial charge in [-0.3, -0.25) is 9.89 Å². The highest BCUT2D eigenvalue weighted by Crippen LogP contribution is 2.24. The Kier molecular flexibility index (Phi) is 5.99. The monoisotopic (exact) mass is 422 g/mol. The zero-order chi connectivity index (χ0) is 20.9. The van der Waals surface area contributed by atoms with Crippen LogP contribution in [0, 0.1) is 0 Å². The molecule has 0 saturated heterocycles. The van der Waals surface area contributed by atoms with E-state index in [1.807, 2.05) is 48.5 Å². The van der Waals surface area contributed by atoms with Gasteiger partial charge in [-0.15, -0.1) is 0 Å². The predicted molar refractivity (Wildman–Crippen MR) is 116 cm³/mol. The second kappa shape index (κ2) is 9.00. The minimum Gasteiger partial charge on any atom is -0.497 e. The molecular formula is C21H22N6O2S. The van der Waals surface area contributed by atoms with Crippen LogP contribution >= 0.6 is 11.8 Å². The zero-order valence-electron chi connectivity index (χ0n) is 16.8. The van der Waals surface area contributed by atoms with Crippen LogP contribution < -0.4 is 10.1 Å². The fourth-order valence-electron chi connectivity index (χ4n) is 3.08. The van der Waals surface area contributed by atoms with Crippen molar-refractivity contribution in [3.63, 3.8) is 0 Å². The number of amides is 1. The number of hydrogen-bond acceptors (Lipinski definition) is 6. The number of rotatable bonds is 8. The third-order valence-corrected chi connectivity index (χ3v) is 5.58. The number of carbonyl (C=O) groups is 1. The number of methoxy groups -OCH3 is 1. The number of hydrogen-bond donors (Lipinski definition) is 2. The van der Waals surface area contributed by atoms with Crippen LogP contribution in [-0.2, 0) is 17.9 Å². The number of carbonyl (C=O) groups excluding carboxylic acids is 1. The number of aromatic nitrogens is 5. The molecule has 0 radical (unpaired) electrons. The van der Waals surface area contributed by atoms with Crippen LogP contribution in [0.3, 0.4) is 0 Å². The van der Waals surface area contributed by atoms with Gasteiger partial charge in [-0.1, -0.05) is 23.9 Å². The van der Waals surface area contributed by atoms with E-state index < -0.39 is 0 Å². The highest BCUT2D eigenvalue weighted by atomic mass is 32.2. The van der Waals surface area contributed by atoms with Gasteiger partial charge in [0.15, 0.2) is 11.0 Å². The maximum atomic E-state index is 12.3. The Morgan fingerprint density at radius 3 is 2.73 bits per heavy atom. The first-order valence-corrected chi connectivity index (χ1v) is 10.6. The lowest BCUT2D eigenvalue weighted by atomic mass is 10.2. The van der Waals surface area contributed by atoms with Gasteiger partial charge < -0.3 is 14.6 Å². The van der Waals surface area contributed by atoms with Crippen LogP contribution in [0.25, 0.3) is 22.4 Å². The summed E-state index contributed by atoms with van der Waals surface area (Å²) in [7, 11) is 1.62. The molecule has 0 unspecified atom stereocenters. The fourth-order valence-corrected chi connectivity index (χ4v) is 3.98. The van der Waals surface area contributed by atoms with Gasteiger partial charge in [0, 0.05) is 12.1 Å². The van der Waals surface area contributed by atoms with Crippen molar-refractivity contribution in [2.24, 2.45) is 0 Å². The summed E-state index contributed by atoms with van der Waals surface area (Å²) in [6.45, 7) is 3.16. The first kappa shape index (κ1) is 20.0. The number of para-hydroxylation sites is 2. The van der Waals surface area contributed by atoms with Crippen LogP contribution in [0.5, 0.6) is 5.75 Å². The van der Waals surface area contributed by atoms with E-state index in [1.165, 1.54) is 11.8 Å². The largest absolute Gasteiger partial charge is 0.497 e. The van der Waals surface area contributed by atoms with Gasteiger partial charge in [0.25, 0.3) is 0 Å². The van der Waals surface area contributed by atoms with Crippen molar-refractivity contribution >= 4 is 28.7 Å². The number of aromatic amines is 1. The summed E-state index contributed by atoms with van der Waals surface area (Å²) >= 11 is 1.43. The molecule has 0 aliphatic carbocycles. The van der Waals surface area contributed by atoms with E-state index in [4.69, 9.17) is 4.74 Å². The molecule has 0 aliphatic heterocycles. The summed E-state index contributed by atoms with van der Waals surface area (Å²) in [6.07, 6.45) is 0. The number of thioether (sulfide) groups is 1. The molecule has 30 heavy (non-hydrogen) atoms. The molecule has 4 aromatic rings. The number of nitrogens with one attached hydrogen (secondary N) is 2. The van der Waals surface area contributed by atoms with Crippen molar-refractivity contribution in [3.8, 4) is 17.1 Å². The van der Waals surface area contributed by atoms with Gasteiger partial charge in [0.2, 0.25) is 5.91 Å². The molecule has 0 bridgehead atoms. The second-order valence-electron chi connectivity index (χ2n) is 6.53. The highest BCUT2D eigenvalue weighted by molar-refractivity contribution is 7.99. The number of fused-ring (bicyclic) bond motifs is 1. The maximum Gasteiger partial charge on any atom is 0.230 e. The Hall–Kier alpha value is -3.33. The lowest BCUT2D eigenvalue weighted by Gasteiger charge is -2.06. The standard InChI is InChI=1S/C21H22N6O2S/c1-3-27-17-7-5-4-6-16(17)23-21(27)30-13-19(28)22-12-18-24-20(26-25-18)14-8-10-15(29-2)11-9-14/h4-11H,3,12-13H2,1-2H3,(H,22,28)(H,24,25,26). The van der Waals surface area contributed by atoms with Gasteiger partial charge in [-0.25, -0.2) is 9.97 Å². The Morgan fingerprint density at radius 2 is 1.97 bits per heavy atom. The molecule has 9 heteroatoms. The SMILES string of the molecule is CCn1c(SCC(=O)NCc2nc(-c3ccc(OC)cc3)n[nH]2)nc2ccccc21. The molecule has 2 heterocycles. The van der Waals surface area contributed by atoms with E-state index in [9.17, 15) is 4.79 Å². The molecule has 0 saturated carbocycles. The van der Waals surface area contributed by atoms with E-state index >= 15 is 0 Å². The molecule has 154 valence electrons. The van der Waals surface area contributed by atoms with Crippen molar-refractivity contribution in [3.05, 3.63) is 54.4 Å². The Morgan fingerprint density at radius 1 is 1.17 bits per heavy atom. The van der Waals surface area contributed by atoms with Crippen LogP contribution in [0.4, 0.5) is 0 Å². The van der Waals surface area contributed by atoms with Gasteiger partial charge in [0.05, 0.1) is 30.4 Å². The van der Waals surface area contributed by atoms with E-state index in [0.29, 0.717) is 11.6 Å². The number of nitrogens with zero attached hydrogens (tertiary/aromatic N) is 4. The average molecular weight is 423 g/mol. The summed E-state index contributed by atoms with van der Waals surface area (Å²) in [5.41, 5.74) is 2.89. The second-order valence-corrected chi connectivity index (χ2v) is 7.47. The van der Waals surface area contributed by atoms with Crippen molar-refractivity contribution < 1.29 is 9.53 Å². The molecule has 0 aliphatic rings. The van der Waals surface area contributed by atoms with Gasteiger partial charge in [0.1, 0.15) is 11.6 Å². The van der Waals surface area contributed by atoms with Crippen LogP contribution in [-0.4, -0.2) is 43.5 Å². The molecule has 2 N–H and O–H groups in total. The Bertz CT molecular complexity index is 1150. The van der Waals surface area contributed by atoms with Crippen LogP contribution in [0.1, 0.15) is 12.7 Å². The first-order chi connectivity index (χ1) is 14.7. The quantitative estimate of drug-likeness (QED) is 0.423. The van der Waals surface area contributed by atoms with Gasteiger partial charge in [-0.2, -0.15) is 5.10 Å². The van der Waals surface area contributed by atoms with Crippen LogP contribution in [0.2, 0.25) is 0 Å². The van der Waals surface area contributed by atoms with E-state index in [2.05, 4.69) is 37.0 Å². The van der Waals surface area contributed by atoms with Crippen molar-refractivity contribution in [2.45, 2.75) is 25.2 Å². The zero-order valence-corrected chi connectivity index (χ0v) is 17.6. The molecule has 4 rings (SSSR count). The minimum absolute atomic E-state index is 0.0860. The Balaban J connectivity index is 1.33. The smallest absolute Gasteiger partial charge is 0.230 e. The topological polar surface area (TPSA) is 97.7 Å². The summed E-state index contributed by atoms with van der Waals surface area (Å²) < 4.78 is 7.27. The molecular weight excluding hydrogens is 400 g/mol. The number of imidazole rings is 1. The Labute approximate surface area is 178 Å². The van der Waals surface area contributed by atoms with Crippen molar-refractivity contribution in [1.29, 1.82) is 0 Å². The van der Waals surface area contributed by atoms with Crippen molar-refractivity contribution in [2.75, 3.05) is 12.9 Å². The van der Waals surface area contributed by atoms with Crippen LogP contribution in [0.15, 0.2) is 53.7 Å². The minimum atomic E-state index is -0.0860. The molecule has 0 atom stereocenters. The molecule has 0 spiro atoms. The first-order valence-electron chi connectivity index (χ1n) is 9.58. The lowest BCUT2D eigenvalue weighted by molar-refractivity contribution is -0.118. The number of benzene rings is 2. The summed E-state index contributed by atoms with van der Waals surface area (Å²) in [5, 5.41) is 10.8. The van der Waals surface area contributed by atoms with E-state index in [0.717, 1.165) is 34.0 Å². The fraction of sp³-hybridized carbons (Fsp3) is 0.238. The molecule has 2 aromatic heterocycles. The third-order valence-electron chi connectivity index (χ3n) is 4.60. The lowest BCUT2D eigenvalue weighted by Crippen LogP contribution is -2.25. The number of ether oxygens (including phenoxy) is 1. The molecule has 2 aromatic carbocycles. The van der Waals surface area contributed by atoms with Crippen molar-refractivity contribution in [1.82, 2.24) is 30.0 Å². The van der Waals surface area contributed by atoms with E-state index in [1.54, 1.807) is 7.11 Å². The molecule has 8 nitrogen and oxygen atoms in total. The molecule has 0 fully saturated rings. The van der Waals surface area contributed by atoms with Gasteiger partial charge in [-0.05, 0) is 43.3 Å². The normalized spacial score (nSPS) is 11.0. The highest BCUT2D eigenvalue weighted by Gasteiger charge is 2.12. The summed E-state index contributed by atoms with van der Waals surface area (Å²) in [5.74, 6) is 2.14. The number of aryl methyl sites for hydroxylation is 1. The molecule has 1 amide bonds. The maximum absolute atomic E-state index is 12.3. The van der Waals surface area contributed by atoms with E-state index in [-0.39, 0.29) is 18.2 Å². The predicted octanol–water partition coefficient (Wildman–Crippen LogP) is 3.26. The van der Waals surface area contributed by atoms with Gasteiger partial charge >= 0.3 is 0 Å². The summed E-state index contributed by atoms with van der Waals surface area (Å²) in [6, 6.07) is 15.5. The summed E-state index contributed by atoms with van der Waals surface area (Å²) in [4.78, 5) is 21.4. The number of H-pyrrole nitrogens is 1.